The zero-order chi connectivity index (χ0) is 41.2. The molecule has 0 spiro atoms. The van der Waals surface area contributed by atoms with Gasteiger partial charge in [0.05, 0.1) is 0 Å². The van der Waals surface area contributed by atoms with E-state index in [1.807, 2.05) is 13.0 Å². The zero-order valence-electron chi connectivity index (χ0n) is 43.4. The molecule has 6 fully saturated rings. The summed E-state index contributed by atoms with van der Waals surface area (Å²) >= 11 is 0. The topological polar surface area (TPSA) is 28.2 Å². The smallest absolute Gasteiger partial charge is 0.660 e. The Kier molecular flexibility index (Phi) is 26.3. The molecule has 2 aromatic rings. The molecule has 0 N–H and O–H groups in total. The number of benzene rings is 2. The number of hydrogen-bond acceptors (Lipinski definition) is 0. The molecule has 12 atom stereocenters. The summed E-state index contributed by atoms with van der Waals surface area (Å²) in [6.45, 7) is 29.3. The normalized spacial score (nSPS) is 31.6. The summed E-state index contributed by atoms with van der Waals surface area (Å²) in [6, 6.07) is 23.0. The van der Waals surface area contributed by atoms with Crippen LogP contribution in [0.25, 0.3) is 9.96 Å². The number of hydrogen-bond donors (Lipinski definition) is 0. The first-order valence-electron chi connectivity index (χ1n) is 23.6. The monoisotopic (exact) mass is 960 g/mol. The SMILES string of the molecule is C=[C-]/C=C/C.CC(C)(C)[N-][Si](C)(C)C1CC(c2ccccc2)C2CC3CCCC3CC21.CC(C)(C)[N-][Si](C)(C)C1CC(c2ccccc2)C2CC3CCCC3CC21.[CH3-].[CH3-].[CH3-].[CH3-].[Ti+3].[Ti+4]. The van der Waals surface area contributed by atoms with Crippen molar-refractivity contribution in [3.63, 3.8) is 0 Å². The van der Waals surface area contributed by atoms with Gasteiger partial charge in [-0.05, 0) is 109 Å². The first-order valence-corrected chi connectivity index (χ1v) is 29.7. The fourth-order valence-corrected chi connectivity index (χ4v) is 22.8. The third kappa shape index (κ3) is 15.9. The molecule has 0 aromatic heterocycles. The Morgan fingerprint density at radius 3 is 1.10 bits per heavy atom. The number of allylic oxidation sites excluding steroid dienone is 3. The molecule has 0 heterocycles. The fraction of sp³-hybridized carbons (Fsp3) is 0.649. The van der Waals surface area contributed by atoms with E-state index in [9.17, 15) is 0 Å². The largest absolute Gasteiger partial charge is 4.00 e. The maximum absolute atomic E-state index is 5.47. The molecule has 0 bridgehead atoms. The summed E-state index contributed by atoms with van der Waals surface area (Å²) in [6.07, 6.45) is 24.1. The van der Waals surface area contributed by atoms with Crippen molar-refractivity contribution in [2.24, 2.45) is 47.3 Å². The van der Waals surface area contributed by atoms with Gasteiger partial charge in [-0.1, -0.05) is 194 Å². The second-order valence-electron chi connectivity index (χ2n) is 22.8. The predicted octanol–water partition coefficient (Wildman–Crippen LogP) is 18.1. The van der Waals surface area contributed by atoms with Crippen molar-refractivity contribution in [3.8, 4) is 0 Å². The van der Waals surface area contributed by atoms with Crippen molar-refractivity contribution in [1.29, 1.82) is 0 Å². The molecule has 349 valence electrons. The van der Waals surface area contributed by atoms with Crippen molar-refractivity contribution < 1.29 is 43.4 Å². The van der Waals surface area contributed by atoms with Gasteiger partial charge >= 0.3 is 43.4 Å². The number of fused-ring (bicyclic) bond motifs is 4. The Balaban J connectivity index is 0.00000101. The van der Waals surface area contributed by atoms with Crippen LogP contribution in [0.3, 0.4) is 0 Å². The van der Waals surface area contributed by atoms with Crippen LogP contribution in [-0.2, 0) is 43.4 Å². The second kappa shape index (κ2) is 26.5. The Hall–Kier alpha value is -0.298. The van der Waals surface area contributed by atoms with Gasteiger partial charge in [-0.2, -0.15) is 6.58 Å². The molecule has 8 rings (SSSR count). The molecule has 0 amide bonds. The average molecular weight is 960 g/mol. The molecule has 6 saturated carbocycles. The summed E-state index contributed by atoms with van der Waals surface area (Å²) < 4.78 is 0. The summed E-state index contributed by atoms with van der Waals surface area (Å²) in [5, 5.41) is 0. The maximum Gasteiger partial charge on any atom is 4.00 e. The molecular formula is C57H95N2Si2Ti2. The molecule has 0 saturated heterocycles. The Morgan fingerprint density at radius 1 is 0.540 bits per heavy atom. The van der Waals surface area contributed by atoms with E-state index in [0.29, 0.717) is 0 Å². The summed E-state index contributed by atoms with van der Waals surface area (Å²) in [5.74, 6) is 9.42. The number of nitrogens with zero attached hydrogens (tertiary/aromatic N) is 2. The standard InChI is InChI=1S/2C24H38NSi.C5H7.4CH3.2Ti/c2*1-24(2,3)25-26(4,5)23-16-20(17-10-7-6-8-11-17)21-14-18-12-9-13-19(18)15-22(21)23;1-3-5-4-2;;;;;;/h2*6-8,10-11,18-23H,9,12-16H2,1-5H3;4-5H,1H2,2H3;4*1H3;;/q7*-1;+3;+4/b;;5-4+;;;;;;. The predicted molar refractivity (Wildman–Crippen MR) is 280 cm³/mol. The average Bonchev–Trinajstić information content (AvgIpc) is 3.94. The van der Waals surface area contributed by atoms with Crippen LogP contribution in [0.4, 0.5) is 0 Å². The minimum Gasteiger partial charge on any atom is -0.660 e. The molecule has 2 nitrogen and oxygen atoms in total. The van der Waals surface area contributed by atoms with E-state index in [-0.39, 0.29) is 84.2 Å². The Morgan fingerprint density at radius 2 is 0.841 bits per heavy atom. The Bertz CT molecular complexity index is 1490. The van der Waals surface area contributed by atoms with Crippen LogP contribution in [0, 0.1) is 83.1 Å². The molecule has 6 aliphatic rings. The van der Waals surface area contributed by atoms with Gasteiger partial charge in [-0.15, -0.1) is 18.0 Å². The molecule has 2 aromatic carbocycles. The number of rotatable bonds is 7. The van der Waals surface area contributed by atoms with Gasteiger partial charge in [0.2, 0.25) is 0 Å². The van der Waals surface area contributed by atoms with Crippen LogP contribution in [0.5, 0.6) is 0 Å². The van der Waals surface area contributed by atoms with Gasteiger partial charge in [0, 0.05) is 0 Å². The minimum atomic E-state index is -1.61. The fourth-order valence-electron chi connectivity index (χ4n) is 14.5. The third-order valence-electron chi connectivity index (χ3n) is 15.9. The van der Waals surface area contributed by atoms with Gasteiger partial charge in [0.15, 0.2) is 0 Å². The summed E-state index contributed by atoms with van der Waals surface area (Å²) in [5.41, 5.74) is 5.20. The molecule has 6 heteroatoms. The van der Waals surface area contributed by atoms with E-state index >= 15 is 0 Å². The van der Waals surface area contributed by atoms with Crippen molar-refractivity contribution in [1.82, 2.24) is 0 Å². The van der Waals surface area contributed by atoms with E-state index in [2.05, 4.69) is 141 Å². The quantitative estimate of drug-likeness (QED) is 0.150. The first kappa shape index (κ1) is 62.7. The van der Waals surface area contributed by atoms with Crippen molar-refractivity contribution >= 4 is 16.5 Å². The molecule has 12 unspecified atom stereocenters. The van der Waals surface area contributed by atoms with Crippen LogP contribution >= 0.6 is 0 Å². The van der Waals surface area contributed by atoms with E-state index in [1.54, 1.807) is 17.2 Å². The molecule has 6 aliphatic carbocycles. The van der Waals surface area contributed by atoms with Crippen LogP contribution < -0.4 is 0 Å². The van der Waals surface area contributed by atoms with Crippen molar-refractivity contribution in [2.75, 3.05) is 0 Å². The van der Waals surface area contributed by atoms with Gasteiger partial charge < -0.3 is 39.7 Å². The molecule has 0 aliphatic heterocycles. The van der Waals surface area contributed by atoms with Crippen LogP contribution in [-0.4, -0.2) is 27.5 Å². The van der Waals surface area contributed by atoms with Crippen molar-refractivity contribution in [3.05, 3.63) is 136 Å². The van der Waals surface area contributed by atoms with Gasteiger partial charge in [-0.3, -0.25) is 6.08 Å². The van der Waals surface area contributed by atoms with E-state index in [4.69, 9.17) is 9.96 Å². The maximum atomic E-state index is 5.47. The van der Waals surface area contributed by atoms with Gasteiger partial charge in [0.25, 0.3) is 0 Å². The van der Waals surface area contributed by atoms with Crippen molar-refractivity contribution in [2.45, 2.75) is 186 Å². The molecule has 63 heavy (non-hydrogen) atoms. The third-order valence-corrected chi connectivity index (χ3v) is 23.4. The zero-order valence-corrected chi connectivity index (χ0v) is 48.6. The second-order valence-corrected chi connectivity index (χ2v) is 31.3. The van der Waals surface area contributed by atoms with E-state index < -0.39 is 16.5 Å². The van der Waals surface area contributed by atoms with E-state index in [1.165, 1.54) is 77.0 Å². The molecule has 1 radical (unpaired) electrons. The van der Waals surface area contributed by atoms with Crippen LogP contribution in [0.15, 0.2) is 79.4 Å². The van der Waals surface area contributed by atoms with Crippen LogP contribution in [0.1, 0.15) is 148 Å². The Labute approximate surface area is 426 Å². The summed E-state index contributed by atoms with van der Waals surface area (Å²) in [4.78, 5) is 10.9. The van der Waals surface area contributed by atoms with E-state index in [0.717, 1.165) is 70.3 Å². The first-order chi connectivity index (χ1) is 26.9. The van der Waals surface area contributed by atoms with Gasteiger partial charge in [0.1, 0.15) is 0 Å². The summed E-state index contributed by atoms with van der Waals surface area (Å²) in [7, 11) is -3.22. The molecular weight excluding hydrogens is 865 g/mol. The minimum absolute atomic E-state index is 0. The van der Waals surface area contributed by atoms with Gasteiger partial charge in [-0.25, -0.2) is 12.2 Å². The van der Waals surface area contributed by atoms with Crippen LogP contribution in [0.2, 0.25) is 37.3 Å².